The van der Waals surface area contributed by atoms with Gasteiger partial charge >= 0.3 is 5.97 Å². The third-order valence-electron chi connectivity index (χ3n) is 5.51. The van der Waals surface area contributed by atoms with Crippen molar-refractivity contribution in [2.24, 2.45) is 0 Å². The zero-order chi connectivity index (χ0) is 23.4. The van der Waals surface area contributed by atoms with Gasteiger partial charge in [0.1, 0.15) is 6.61 Å². The summed E-state index contributed by atoms with van der Waals surface area (Å²) in [4.78, 5) is 19.2. The number of aromatic nitrogens is 2. The number of rotatable bonds is 7. The zero-order valence-electron chi connectivity index (χ0n) is 18.8. The van der Waals surface area contributed by atoms with Crippen LogP contribution in [0.5, 0.6) is 0 Å². The third-order valence-corrected chi connectivity index (χ3v) is 5.81. The summed E-state index contributed by atoms with van der Waals surface area (Å²) in [5, 5.41) is 3.88. The SMILES string of the molecule is COCCOC(=O)C1=C(C)N(c2cccc(C)c2)C(=S)NC1c1ccc(-n2ccnc2)cc1. The second-order valence-electron chi connectivity index (χ2n) is 7.75. The van der Waals surface area contributed by atoms with E-state index in [1.165, 1.54) is 0 Å². The lowest BCUT2D eigenvalue weighted by Crippen LogP contribution is -2.48. The number of allylic oxidation sites excluding steroid dienone is 1. The molecule has 7 nitrogen and oxygen atoms in total. The summed E-state index contributed by atoms with van der Waals surface area (Å²) in [5.74, 6) is -0.402. The van der Waals surface area contributed by atoms with E-state index >= 15 is 0 Å². The first-order valence-corrected chi connectivity index (χ1v) is 11.0. The van der Waals surface area contributed by atoms with E-state index in [1.54, 1.807) is 19.6 Å². The lowest BCUT2D eigenvalue weighted by molar-refractivity contribution is -0.140. The molecule has 4 rings (SSSR count). The van der Waals surface area contributed by atoms with Crippen molar-refractivity contribution in [1.82, 2.24) is 14.9 Å². The second-order valence-corrected chi connectivity index (χ2v) is 8.13. The maximum Gasteiger partial charge on any atom is 0.338 e. The molecule has 1 unspecified atom stereocenters. The van der Waals surface area contributed by atoms with Crippen LogP contribution < -0.4 is 10.2 Å². The van der Waals surface area contributed by atoms with E-state index in [4.69, 9.17) is 21.7 Å². The highest BCUT2D eigenvalue weighted by molar-refractivity contribution is 7.80. The lowest BCUT2D eigenvalue weighted by Gasteiger charge is -2.37. The molecule has 1 atom stereocenters. The fourth-order valence-electron chi connectivity index (χ4n) is 3.88. The molecule has 0 aliphatic carbocycles. The number of methoxy groups -OCH3 is 1. The van der Waals surface area contributed by atoms with Crippen molar-refractivity contribution in [3.05, 3.63) is 89.6 Å². The van der Waals surface area contributed by atoms with Gasteiger partial charge in [0.25, 0.3) is 0 Å². The molecule has 3 aromatic rings. The number of carbonyl (C=O) groups is 1. The number of imidazole rings is 1. The number of nitrogens with one attached hydrogen (secondary N) is 1. The Balaban J connectivity index is 1.73. The van der Waals surface area contributed by atoms with Gasteiger partial charge in [-0.15, -0.1) is 0 Å². The van der Waals surface area contributed by atoms with Gasteiger partial charge in [-0.05, 0) is 61.5 Å². The predicted molar refractivity (Wildman–Crippen MR) is 131 cm³/mol. The molecule has 1 N–H and O–H groups in total. The molecule has 1 aliphatic rings. The average Bonchev–Trinajstić information content (AvgIpc) is 3.34. The van der Waals surface area contributed by atoms with Crippen LogP contribution in [-0.4, -0.2) is 41.0 Å². The first-order chi connectivity index (χ1) is 16.0. The molecule has 0 saturated heterocycles. The Bertz CT molecular complexity index is 1170. The van der Waals surface area contributed by atoms with Crippen LogP contribution in [-0.2, 0) is 14.3 Å². The molecule has 0 bridgehead atoms. The fourth-order valence-corrected chi connectivity index (χ4v) is 4.24. The molecule has 2 heterocycles. The van der Waals surface area contributed by atoms with Gasteiger partial charge in [-0.25, -0.2) is 9.78 Å². The molecular formula is C25H26N4O3S. The maximum absolute atomic E-state index is 13.2. The van der Waals surface area contributed by atoms with E-state index in [2.05, 4.69) is 10.3 Å². The molecule has 0 spiro atoms. The Morgan fingerprint density at radius 3 is 2.58 bits per heavy atom. The van der Waals surface area contributed by atoms with Crippen molar-refractivity contribution in [2.75, 3.05) is 25.2 Å². The molecule has 0 fully saturated rings. The van der Waals surface area contributed by atoms with Gasteiger partial charge in [0, 0.05) is 36.6 Å². The summed E-state index contributed by atoms with van der Waals surface area (Å²) in [6.07, 6.45) is 5.35. The highest BCUT2D eigenvalue weighted by Gasteiger charge is 2.35. The van der Waals surface area contributed by atoms with Gasteiger partial charge in [0.2, 0.25) is 0 Å². The summed E-state index contributed by atoms with van der Waals surface area (Å²) >= 11 is 5.74. The number of aryl methyl sites for hydroxylation is 1. The van der Waals surface area contributed by atoms with Crippen molar-refractivity contribution in [2.45, 2.75) is 19.9 Å². The molecule has 1 aliphatic heterocycles. The quantitative estimate of drug-likeness (QED) is 0.322. The van der Waals surface area contributed by atoms with Gasteiger partial charge in [0.05, 0.1) is 24.5 Å². The molecule has 0 saturated carbocycles. The molecule has 8 heteroatoms. The number of ether oxygens (including phenoxy) is 2. The van der Waals surface area contributed by atoms with Crippen LogP contribution in [0.3, 0.4) is 0 Å². The standard InChI is InChI=1S/C25H26N4O3S/c1-17-5-4-6-21(15-17)29-18(2)22(24(30)32-14-13-31-3)23(27-25(29)33)19-7-9-20(10-8-19)28-12-11-26-16-28/h4-12,15-16,23H,13-14H2,1-3H3,(H,27,33). The van der Waals surface area contributed by atoms with Crippen molar-refractivity contribution in [3.8, 4) is 5.69 Å². The van der Waals surface area contributed by atoms with E-state index in [-0.39, 0.29) is 6.61 Å². The average molecular weight is 463 g/mol. The smallest absolute Gasteiger partial charge is 0.338 e. The van der Waals surface area contributed by atoms with Crippen molar-refractivity contribution in [1.29, 1.82) is 0 Å². The number of esters is 1. The van der Waals surface area contributed by atoms with Crippen LogP contribution in [0.15, 0.2) is 78.5 Å². The Kier molecular flexibility index (Phi) is 6.86. The number of nitrogens with zero attached hydrogens (tertiary/aromatic N) is 3. The van der Waals surface area contributed by atoms with Crippen LogP contribution in [0.1, 0.15) is 24.1 Å². The second kappa shape index (κ2) is 9.97. The highest BCUT2D eigenvalue weighted by Crippen LogP contribution is 2.34. The Labute approximate surface area is 198 Å². The van der Waals surface area contributed by atoms with Crippen molar-refractivity contribution >= 4 is 29.0 Å². The van der Waals surface area contributed by atoms with Crippen LogP contribution in [0.4, 0.5) is 5.69 Å². The minimum Gasteiger partial charge on any atom is -0.460 e. The van der Waals surface area contributed by atoms with Gasteiger partial charge in [0.15, 0.2) is 5.11 Å². The first kappa shape index (κ1) is 22.7. The normalized spacial score (nSPS) is 16.0. The molecule has 0 radical (unpaired) electrons. The number of thiocarbonyl (C=S) groups is 1. The zero-order valence-corrected chi connectivity index (χ0v) is 19.6. The third kappa shape index (κ3) is 4.81. The van der Waals surface area contributed by atoms with Crippen LogP contribution >= 0.6 is 12.2 Å². The van der Waals surface area contributed by atoms with E-state index in [0.717, 1.165) is 28.2 Å². The largest absolute Gasteiger partial charge is 0.460 e. The summed E-state index contributed by atoms with van der Waals surface area (Å²) < 4.78 is 12.5. The molecule has 0 amide bonds. The van der Waals surface area contributed by atoms with Gasteiger partial charge < -0.3 is 19.4 Å². The van der Waals surface area contributed by atoms with E-state index in [1.807, 2.05) is 78.0 Å². The van der Waals surface area contributed by atoms with Crippen molar-refractivity contribution in [3.63, 3.8) is 0 Å². The van der Waals surface area contributed by atoms with Gasteiger partial charge in [-0.1, -0.05) is 24.3 Å². The molecule has 2 aromatic carbocycles. The number of hydrogen-bond donors (Lipinski definition) is 1. The topological polar surface area (TPSA) is 68.6 Å². The number of hydrogen-bond acceptors (Lipinski definition) is 5. The number of benzene rings is 2. The molecular weight excluding hydrogens is 436 g/mol. The minimum atomic E-state index is -0.439. The van der Waals surface area contributed by atoms with E-state index in [0.29, 0.717) is 17.3 Å². The van der Waals surface area contributed by atoms with Gasteiger partial charge in [-0.3, -0.25) is 4.90 Å². The Morgan fingerprint density at radius 1 is 1.12 bits per heavy atom. The first-order valence-electron chi connectivity index (χ1n) is 10.6. The van der Waals surface area contributed by atoms with Crippen LogP contribution in [0, 0.1) is 6.92 Å². The Hall–Kier alpha value is -3.49. The van der Waals surface area contributed by atoms with Crippen LogP contribution in [0.25, 0.3) is 5.69 Å². The highest BCUT2D eigenvalue weighted by atomic mass is 32.1. The van der Waals surface area contributed by atoms with Gasteiger partial charge in [-0.2, -0.15) is 0 Å². The fraction of sp³-hybridized carbons (Fsp3) is 0.240. The molecule has 1 aromatic heterocycles. The lowest BCUT2D eigenvalue weighted by atomic mass is 9.94. The monoisotopic (exact) mass is 462 g/mol. The minimum absolute atomic E-state index is 0.174. The summed E-state index contributed by atoms with van der Waals surface area (Å²) in [6, 6.07) is 15.5. The maximum atomic E-state index is 13.2. The summed E-state index contributed by atoms with van der Waals surface area (Å²) in [5.41, 5.74) is 5.11. The van der Waals surface area contributed by atoms with E-state index < -0.39 is 12.0 Å². The van der Waals surface area contributed by atoms with Crippen molar-refractivity contribution < 1.29 is 14.3 Å². The number of anilines is 1. The Morgan fingerprint density at radius 2 is 1.91 bits per heavy atom. The van der Waals surface area contributed by atoms with Crippen LogP contribution in [0.2, 0.25) is 0 Å². The van der Waals surface area contributed by atoms with E-state index in [9.17, 15) is 4.79 Å². The summed E-state index contributed by atoms with van der Waals surface area (Å²) in [6.45, 7) is 4.42. The molecule has 33 heavy (non-hydrogen) atoms. The summed E-state index contributed by atoms with van der Waals surface area (Å²) in [7, 11) is 1.57. The number of carbonyl (C=O) groups excluding carboxylic acids is 1. The molecule has 170 valence electrons. The predicted octanol–water partition coefficient (Wildman–Crippen LogP) is 4.08.